The second kappa shape index (κ2) is 11.4. The molecule has 0 aliphatic heterocycles. The number of hydrogen-bond acceptors (Lipinski definition) is 2. The van der Waals surface area contributed by atoms with Crippen molar-refractivity contribution in [3.05, 3.63) is 0 Å². The molecule has 0 aromatic rings. The molecule has 1 N–H and O–H groups in total. The second-order valence-electron chi connectivity index (χ2n) is 4.64. The Labute approximate surface area is 102 Å². The molecule has 0 rings (SSSR count). The van der Waals surface area contributed by atoms with Crippen molar-refractivity contribution in [2.45, 2.75) is 71.8 Å². The summed E-state index contributed by atoms with van der Waals surface area (Å²) >= 11 is 0. The standard InChI is InChI=1S/C14H31NO/c1-4-7-8-9-10-11-15(12-13-16)14(5-2)6-3/h14,16H,4-13H2,1-3H3. The van der Waals surface area contributed by atoms with E-state index in [9.17, 15) is 0 Å². The Balaban J connectivity index is 3.74. The first-order valence-electron chi connectivity index (χ1n) is 7.14. The van der Waals surface area contributed by atoms with Gasteiger partial charge in [0.2, 0.25) is 0 Å². The average molecular weight is 229 g/mol. The molecule has 98 valence electrons. The van der Waals surface area contributed by atoms with Gasteiger partial charge in [0.25, 0.3) is 0 Å². The van der Waals surface area contributed by atoms with E-state index in [4.69, 9.17) is 5.11 Å². The zero-order valence-electron chi connectivity index (χ0n) is 11.5. The van der Waals surface area contributed by atoms with Crippen LogP contribution in [-0.4, -0.2) is 35.7 Å². The van der Waals surface area contributed by atoms with Crippen molar-refractivity contribution in [1.82, 2.24) is 4.90 Å². The summed E-state index contributed by atoms with van der Waals surface area (Å²) < 4.78 is 0. The van der Waals surface area contributed by atoms with Crippen LogP contribution in [0.2, 0.25) is 0 Å². The van der Waals surface area contributed by atoms with Crippen molar-refractivity contribution < 1.29 is 5.11 Å². The van der Waals surface area contributed by atoms with E-state index >= 15 is 0 Å². The van der Waals surface area contributed by atoms with Crippen molar-refractivity contribution in [1.29, 1.82) is 0 Å². The highest BCUT2D eigenvalue weighted by Crippen LogP contribution is 2.11. The van der Waals surface area contributed by atoms with Gasteiger partial charge >= 0.3 is 0 Å². The number of unbranched alkanes of at least 4 members (excludes halogenated alkanes) is 4. The minimum atomic E-state index is 0.297. The highest BCUT2D eigenvalue weighted by atomic mass is 16.3. The molecule has 2 heteroatoms. The van der Waals surface area contributed by atoms with Gasteiger partial charge in [-0.05, 0) is 25.8 Å². The first kappa shape index (κ1) is 15.9. The average Bonchev–Trinajstić information content (AvgIpc) is 2.30. The predicted octanol–water partition coefficient (Wildman–Crippen LogP) is 3.44. The van der Waals surface area contributed by atoms with E-state index in [-0.39, 0.29) is 0 Å². The lowest BCUT2D eigenvalue weighted by molar-refractivity contribution is 0.141. The van der Waals surface area contributed by atoms with Gasteiger partial charge in [0.15, 0.2) is 0 Å². The molecule has 0 aromatic heterocycles. The van der Waals surface area contributed by atoms with E-state index in [0.29, 0.717) is 12.6 Å². The molecule has 2 nitrogen and oxygen atoms in total. The zero-order valence-corrected chi connectivity index (χ0v) is 11.5. The van der Waals surface area contributed by atoms with E-state index in [0.717, 1.165) is 13.1 Å². The summed E-state index contributed by atoms with van der Waals surface area (Å²) in [5.41, 5.74) is 0. The fourth-order valence-electron chi connectivity index (χ4n) is 2.33. The minimum Gasteiger partial charge on any atom is -0.395 e. The van der Waals surface area contributed by atoms with Crippen LogP contribution in [0, 0.1) is 0 Å². The highest BCUT2D eigenvalue weighted by Gasteiger charge is 2.13. The van der Waals surface area contributed by atoms with E-state index in [2.05, 4.69) is 25.7 Å². The van der Waals surface area contributed by atoms with E-state index in [1.807, 2.05) is 0 Å². The third-order valence-electron chi connectivity index (χ3n) is 3.39. The first-order valence-corrected chi connectivity index (χ1v) is 7.14. The van der Waals surface area contributed by atoms with E-state index in [1.54, 1.807) is 0 Å². The third kappa shape index (κ3) is 7.24. The normalized spacial score (nSPS) is 11.6. The zero-order chi connectivity index (χ0) is 12.2. The maximum atomic E-state index is 9.08. The van der Waals surface area contributed by atoms with Crippen LogP contribution in [0.1, 0.15) is 65.7 Å². The first-order chi connectivity index (χ1) is 7.79. The van der Waals surface area contributed by atoms with Crippen LogP contribution in [-0.2, 0) is 0 Å². The largest absolute Gasteiger partial charge is 0.395 e. The van der Waals surface area contributed by atoms with Gasteiger partial charge in [0.05, 0.1) is 6.61 Å². The molecule has 0 radical (unpaired) electrons. The van der Waals surface area contributed by atoms with Gasteiger partial charge in [-0.2, -0.15) is 0 Å². The molecule has 0 bridgehead atoms. The summed E-state index contributed by atoms with van der Waals surface area (Å²) in [4.78, 5) is 2.46. The molecule has 16 heavy (non-hydrogen) atoms. The Bertz CT molecular complexity index is 135. The smallest absolute Gasteiger partial charge is 0.0558 e. The van der Waals surface area contributed by atoms with Crippen LogP contribution in [0.4, 0.5) is 0 Å². The summed E-state index contributed by atoms with van der Waals surface area (Å²) in [6, 6.07) is 0.665. The topological polar surface area (TPSA) is 23.5 Å². The molecule has 0 fully saturated rings. The van der Waals surface area contributed by atoms with Crippen LogP contribution in [0.15, 0.2) is 0 Å². The van der Waals surface area contributed by atoms with Crippen LogP contribution >= 0.6 is 0 Å². The van der Waals surface area contributed by atoms with Gasteiger partial charge in [0, 0.05) is 12.6 Å². The molecule has 0 heterocycles. The molecular weight excluding hydrogens is 198 g/mol. The Morgan fingerprint density at radius 2 is 1.50 bits per heavy atom. The molecule has 0 unspecified atom stereocenters. The third-order valence-corrected chi connectivity index (χ3v) is 3.39. The van der Waals surface area contributed by atoms with Gasteiger partial charge in [-0.1, -0.05) is 46.5 Å². The van der Waals surface area contributed by atoms with Crippen molar-refractivity contribution in [3.63, 3.8) is 0 Å². The summed E-state index contributed by atoms with van der Waals surface area (Å²) in [6.07, 6.45) is 9.08. The molecular formula is C14H31NO. The lowest BCUT2D eigenvalue weighted by atomic mass is 10.1. The molecule has 0 aliphatic rings. The van der Waals surface area contributed by atoms with Crippen molar-refractivity contribution in [2.75, 3.05) is 19.7 Å². The van der Waals surface area contributed by atoms with E-state index in [1.165, 1.54) is 44.9 Å². The summed E-state index contributed by atoms with van der Waals surface area (Å²) in [7, 11) is 0. The van der Waals surface area contributed by atoms with Gasteiger partial charge < -0.3 is 5.11 Å². The molecule has 0 amide bonds. The monoisotopic (exact) mass is 229 g/mol. The van der Waals surface area contributed by atoms with Crippen LogP contribution in [0.3, 0.4) is 0 Å². The maximum Gasteiger partial charge on any atom is 0.0558 e. The van der Waals surface area contributed by atoms with Crippen molar-refractivity contribution in [3.8, 4) is 0 Å². The quantitative estimate of drug-likeness (QED) is 0.549. The molecule has 0 aromatic carbocycles. The Morgan fingerprint density at radius 3 is 2.00 bits per heavy atom. The number of nitrogens with zero attached hydrogens (tertiary/aromatic N) is 1. The molecule has 0 saturated carbocycles. The SMILES string of the molecule is CCCCCCCN(CCO)C(CC)CC. The Kier molecular flexibility index (Phi) is 11.3. The Morgan fingerprint density at radius 1 is 0.875 bits per heavy atom. The molecule has 0 spiro atoms. The highest BCUT2D eigenvalue weighted by molar-refractivity contribution is 4.68. The minimum absolute atomic E-state index is 0.297. The summed E-state index contributed by atoms with van der Waals surface area (Å²) in [5.74, 6) is 0. The van der Waals surface area contributed by atoms with Crippen LogP contribution < -0.4 is 0 Å². The fourth-order valence-corrected chi connectivity index (χ4v) is 2.33. The fraction of sp³-hybridized carbons (Fsp3) is 1.00. The lowest BCUT2D eigenvalue weighted by Crippen LogP contribution is -2.37. The molecule has 0 aliphatic carbocycles. The number of aliphatic hydroxyl groups excluding tert-OH is 1. The number of hydrogen-bond donors (Lipinski definition) is 1. The predicted molar refractivity (Wildman–Crippen MR) is 71.8 cm³/mol. The molecule has 0 saturated heterocycles. The van der Waals surface area contributed by atoms with Crippen LogP contribution in [0.25, 0.3) is 0 Å². The molecule has 0 atom stereocenters. The van der Waals surface area contributed by atoms with E-state index < -0.39 is 0 Å². The number of rotatable bonds is 11. The van der Waals surface area contributed by atoms with Gasteiger partial charge in [-0.25, -0.2) is 0 Å². The van der Waals surface area contributed by atoms with Crippen molar-refractivity contribution in [2.24, 2.45) is 0 Å². The lowest BCUT2D eigenvalue weighted by Gasteiger charge is -2.29. The van der Waals surface area contributed by atoms with Gasteiger partial charge in [-0.15, -0.1) is 0 Å². The van der Waals surface area contributed by atoms with Gasteiger partial charge in [0.1, 0.15) is 0 Å². The van der Waals surface area contributed by atoms with Crippen LogP contribution in [0.5, 0.6) is 0 Å². The Hall–Kier alpha value is -0.0800. The second-order valence-corrected chi connectivity index (χ2v) is 4.64. The number of aliphatic hydroxyl groups is 1. The maximum absolute atomic E-state index is 9.08. The van der Waals surface area contributed by atoms with Gasteiger partial charge in [-0.3, -0.25) is 4.90 Å². The summed E-state index contributed by atoms with van der Waals surface area (Å²) in [5, 5.41) is 9.08. The summed E-state index contributed by atoms with van der Waals surface area (Å²) in [6.45, 7) is 9.05. The van der Waals surface area contributed by atoms with Crippen molar-refractivity contribution >= 4 is 0 Å².